The van der Waals surface area contributed by atoms with E-state index in [9.17, 15) is 0 Å². The van der Waals surface area contributed by atoms with E-state index in [4.69, 9.17) is 0 Å². The highest BCUT2D eigenvalue weighted by Crippen LogP contribution is 2.27. The van der Waals surface area contributed by atoms with Crippen LogP contribution in [0.15, 0.2) is 16.9 Å². The van der Waals surface area contributed by atoms with Crippen LogP contribution in [-0.4, -0.2) is 31.7 Å². The van der Waals surface area contributed by atoms with Crippen LogP contribution in [0, 0.1) is 0 Å². The van der Waals surface area contributed by atoms with Crippen LogP contribution in [0.5, 0.6) is 0 Å². The molecule has 0 aliphatic rings. The molecule has 2 heterocycles. The molecule has 2 aromatic heterocycles. The lowest BCUT2D eigenvalue weighted by Gasteiger charge is -2.17. The molecule has 0 aliphatic carbocycles. The van der Waals surface area contributed by atoms with Gasteiger partial charge in [-0.05, 0) is 29.4 Å². The Morgan fingerprint density at radius 1 is 1.47 bits per heavy atom. The standard InChI is InChI=1S/C10H15BrN6/c1-3-12-9(8-6-13-16-15-8)10-7(11)5-14-17(10)4-2/h5-6,9,12H,3-4H2,1-2H3,(H,13,15,16). The summed E-state index contributed by atoms with van der Waals surface area (Å²) in [5, 5.41) is 18.4. The van der Waals surface area contributed by atoms with E-state index in [1.54, 1.807) is 6.20 Å². The Morgan fingerprint density at radius 3 is 2.88 bits per heavy atom. The first-order valence-electron chi connectivity index (χ1n) is 5.58. The van der Waals surface area contributed by atoms with Crippen molar-refractivity contribution in [2.45, 2.75) is 26.4 Å². The zero-order valence-electron chi connectivity index (χ0n) is 9.81. The van der Waals surface area contributed by atoms with Crippen LogP contribution < -0.4 is 5.32 Å². The van der Waals surface area contributed by atoms with Gasteiger partial charge in [-0.15, -0.1) is 0 Å². The highest BCUT2D eigenvalue weighted by molar-refractivity contribution is 9.10. The lowest BCUT2D eigenvalue weighted by molar-refractivity contribution is 0.532. The Balaban J connectivity index is 2.42. The molecule has 0 aromatic carbocycles. The van der Waals surface area contributed by atoms with Crippen molar-refractivity contribution in [3.8, 4) is 0 Å². The molecule has 0 spiro atoms. The Morgan fingerprint density at radius 2 is 2.29 bits per heavy atom. The maximum Gasteiger partial charge on any atom is 0.106 e. The molecule has 0 aliphatic heterocycles. The molecule has 6 nitrogen and oxygen atoms in total. The van der Waals surface area contributed by atoms with Crippen LogP contribution >= 0.6 is 15.9 Å². The van der Waals surface area contributed by atoms with Crippen molar-refractivity contribution in [3.63, 3.8) is 0 Å². The van der Waals surface area contributed by atoms with E-state index < -0.39 is 0 Å². The molecule has 1 unspecified atom stereocenters. The molecule has 0 amide bonds. The van der Waals surface area contributed by atoms with Crippen molar-refractivity contribution in [1.29, 1.82) is 0 Å². The topological polar surface area (TPSA) is 71.4 Å². The Kier molecular flexibility index (Phi) is 3.90. The van der Waals surface area contributed by atoms with Gasteiger partial charge in [0.25, 0.3) is 0 Å². The molecule has 0 saturated heterocycles. The third-order valence-corrected chi connectivity index (χ3v) is 3.15. The fourth-order valence-electron chi connectivity index (χ4n) is 1.81. The van der Waals surface area contributed by atoms with E-state index in [2.05, 4.69) is 55.6 Å². The summed E-state index contributed by atoms with van der Waals surface area (Å²) in [5.74, 6) is 0. The van der Waals surface area contributed by atoms with Gasteiger partial charge in [-0.3, -0.25) is 4.68 Å². The summed E-state index contributed by atoms with van der Waals surface area (Å²) in [6, 6.07) is -0.00410. The first-order valence-corrected chi connectivity index (χ1v) is 6.37. The number of aromatic nitrogens is 5. The highest BCUT2D eigenvalue weighted by atomic mass is 79.9. The SMILES string of the molecule is CCNC(c1cn[nH]n1)c1c(Br)cnn1CC. The molecule has 17 heavy (non-hydrogen) atoms. The number of rotatable bonds is 5. The number of H-pyrrole nitrogens is 1. The number of hydrogen-bond donors (Lipinski definition) is 2. The second-order valence-corrected chi connectivity index (χ2v) is 4.43. The van der Waals surface area contributed by atoms with Crippen LogP contribution in [-0.2, 0) is 6.54 Å². The number of nitrogens with zero attached hydrogens (tertiary/aromatic N) is 4. The van der Waals surface area contributed by atoms with Crippen LogP contribution in [0.2, 0.25) is 0 Å². The minimum absolute atomic E-state index is 0.00410. The van der Waals surface area contributed by atoms with Crippen LogP contribution in [0.1, 0.15) is 31.3 Å². The van der Waals surface area contributed by atoms with Crippen LogP contribution in [0.4, 0.5) is 0 Å². The van der Waals surface area contributed by atoms with Gasteiger partial charge in [0.05, 0.1) is 28.6 Å². The maximum absolute atomic E-state index is 4.32. The average molecular weight is 299 g/mol. The third kappa shape index (κ3) is 2.39. The average Bonchev–Trinajstić information content (AvgIpc) is 2.95. The molecule has 2 aromatic rings. The van der Waals surface area contributed by atoms with E-state index in [0.717, 1.165) is 29.0 Å². The number of hydrogen-bond acceptors (Lipinski definition) is 4. The first kappa shape index (κ1) is 12.3. The zero-order chi connectivity index (χ0) is 12.3. The summed E-state index contributed by atoms with van der Waals surface area (Å²) in [4.78, 5) is 0. The predicted molar refractivity (Wildman–Crippen MR) is 67.5 cm³/mol. The van der Waals surface area contributed by atoms with Crippen molar-refractivity contribution in [1.82, 2.24) is 30.5 Å². The summed E-state index contributed by atoms with van der Waals surface area (Å²) < 4.78 is 2.93. The second kappa shape index (κ2) is 5.42. The number of nitrogens with one attached hydrogen (secondary N) is 2. The molecule has 0 fully saturated rings. The maximum atomic E-state index is 4.32. The van der Waals surface area contributed by atoms with Crippen molar-refractivity contribution in [3.05, 3.63) is 28.3 Å². The minimum atomic E-state index is -0.00410. The number of aryl methyl sites for hydroxylation is 1. The highest BCUT2D eigenvalue weighted by Gasteiger charge is 2.22. The molecular formula is C10H15BrN6. The van der Waals surface area contributed by atoms with Crippen molar-refractivity contribution in [2.24, 2.45) is 0 Å². The van der Waals surface area contributed by atoms with Gasteiger partial charge < -0.3 is 5.32 Å². The summed E-state index contributed by atoms with van der Waals surface area (Å²) in [7, 11) is 0. The van der Waals surface area contributed by atoms with Crippen LogP contribution in [0.3, 0.4) is 0 Å². The molecule has 2 rings (SSSR count). The third-order valence-electron chi connectivity index (χ3n) is 2.54. The smallest absolute Gasteiger partial charge is 0.106 e. The molecule has 7 heteroatoms. The Hall–Kier alpha value is -1.21. The van der Waals surface area contributed by atoms with Gasteiger partial charge in [0.1, 0.15) is 5.69 Å². The molecule has 0 radical (unpaired) electrons. The van der Waals surface area contributed by atoms with Crippen molar-refractivity contribution >= 4 is 15.9 Å². The van der Waals surface area contributed by atoms with Gasteiger partial charge in [-0.25, -0.2) is 0 Å². The number of halogens is 1. The van der Waals surface area contributed by atoms with Gasteiger partial charge >= 0.3 is 0 Å². The molecule has 0 bridgehead atoms. The lowest BCUT2D eigenvalue weighted by atomic mass is 10.1. The summed E-state index contributed by atoms with van der Waals surface area (Å²) in [6.45, 7) is 5.79. The van der Waals surface area contributed by atoms with E-state index in [0.29, 0.717) is 0 Å². The monoisotopic (exact) mass is 298 g/mol. The van der Waals surface area contributed by atoms with E-state index in [1.165, 1.54) is 0 Å². The van der Waals surface area contributed by atoms with Gasteiger partial charge in [0.15, 0.2) is 0 Å². The summed E-state index contributed by atoms with van der Waals surface area (Å²) >= 11 is 3.53. The Bertz CT molecular complexity index is 463. The lowest BCUT2D eigenvalue weighted by Crippen LogP contribution is -2.25. The molecular weight excluding hydrogens is 284 g/mol. The van der Waals surface area contributed by atoms with Gasteiger partial charge in [-0.1, -0.05) is 6.92 Å². The fraction of sp³-hybridized carbons (Fsp3) is 0.500. The predicted octanol–water partition coefficient (Wildman–Crippen LogP) is 1.48. The van der Waals surface area contributed by atoms with E-state index in [1.807, 2.05) is 10.9 Å². The van der Waals surface area contributed by atoms with Crippen molar-refractivity contribution in [2.75, 3.05) is 6.54 Å². The largest absolute Gasteiger partial charge is 0.304 e. The second-order valence-electron chi connectivity index (χ2n) is 3.58. The Labute approximate surface area is 108 Å². The minimum Gasteiger partial charge on any atom is -0.304 e. The zero-order valence-corrected chi connectivity index (χ0v) is 11.4. The molecule has 0 saturated carbocycles. The van der Waals surface area contributed by atoms with Gasteiger partial charge in [-0.2, -0.15) is 20.5 Å². The van der Waals surface area contributed by atoms with Gasteiger partial charge in [0, 0.05) is 6.54 Å². The molecule has 2 N–H and O–H groups in total. The van der Waals surface area contributed by atoms with Crippen LogP contribution in [0.25, 0.3) is 0 Å². The summed E-state index contributed by atoms with van der Waals surface area (Å²) in [5.41, 5.74) is 1.94. The molecule has 1 atom stereocenters. The first-order chi connectivity index (χ1) is 8.27. The van der Waals surface area contributed by atoms with Gasteiger partial charge in [0.2, 0.25) is 0 Å². The number of aromatic amines is 1. The van der Waals surface area contributed by atoms with Crippen molar-refractivity contribution < 1.29 is 0 Å². The van der Waals surface area contributed by atoms with E-state index >= 15 is 0 Å². The molecule has 92 valence electrons. The normalized spacial score (nSPS) is 12.9. The quantitative estimate of drug-likeness (QED) is 0.877. The fourth-order valence-corrected chi connectivity index (χ4v) is 2.33. The van der Waals surface area contributed by atoms with E-state index in [-0.39, 0.29) is 6.04 Å². The summed E-state index contributed by atoms with van der Waals surface area (Å²) in [6.07, 6.45) is 3.54.